The van der Waals surface area contributed by atoms with Gasteiger partial charge in [-0.2, -0.15) is 0 Å². The lowest BCUT2D eigenvalue weighted by Gasteiger charge is -2.21. The van der Waals surface area contributed by atoms with Crippen LogP contribution in [0.1, 0.15) is 11.1 Å². The lowest BCUT2D eigenvalue weighted by molar-refractivity contribution is 0.575. The van der Waals surface area contributed by atoms with Crippen molar-refractivity contribution in [3.63, 3.8) is 0 Å². The van der Waals surface area contributed by atoms with Gasteiger partial charge in [-0.05, 0) is 48.2 Å². The number of benzene rings is 2. The normalized spacial score (nSPS) is 11.6. The molecule has 3 N–H and O–H groups in total. The molecular weight excluding hydrogens is 384 g/mol. The molecular formula is C20H19F2N3O2S. The number of anilines is 1. The topological polar surface area (TPSA) is 85.1 Å². The number of hydrogen-bond acceptors (Lipinski definition) is 4. The lowest BCUT2D eigenvalue weighted by Crippen LogP contribution is -2.28. The number of aromatic nitrogens is 1. The Morgan fingerprint density at radius 3 is 1.93 bits per heavy atom. The third kappa shape index (κ3) is 4.90. The molecule has 3 rings (SSSR count). The SMILES string of the molecule is NS(=O)(=O)c1cccnc1NC(Cc1ccccc1F)Cc1ccccc1F. The van der Waals surface area contributed by atoms with E-state index in [9.17, 15) is 17.2 Å². The summed E-state index contributed by atoms with van der Waals surface area (Å²) >= 11 is 0. The van der Waals surface area contributed by atoms with Crippen molar-refractivity contribution in [1.82, 2.24) is 4.98 Å². The van der Waals surface area contributed by atoms with Crippen molar-refractivity contribution in [3.05, 3.63) is 89.6 Å². The van der Waals surface area contributed by atoms with Crippen LogP contribution >= 0.6 is 0 Å². The number of pyridine rings is 1. The van der Waals surface area contributed by atoms with Crippen LogP contribution in [0.5, 0.6) is 0 Å². The second-order valence-corrected chi connectivity index (χ2v) is 7.86. The van der Waals surface area contributed by atoms with Gasteiger partial charge in [0.25, 0.3) is 0 Å². The van der Waals surface area contributed by atoms with Gasteiger partial charge in [0.05, 0.1) is 0 Å². The van der Waals surface area contributed by atoms with Crippen molar-refractivity contribution >= 4 is 15.8 Å². The van der Waals surface area contributed by atoms with Crippen molar-refractivity contribution in [2.45, 2.75) is 23.8 Å². The number of nitrogens with one attached hydrogen (secondary N) is 1. The Balaban J connectivity index is 1.95. The molecule has 28 heavy (non-hydrogen) atoms. The zero-order valence-electron chi connectivity index (χ0n) is 14.8. The van der Waals surface area contributed by atoms with Gasteiger partial charge in [0, 0.05) is 12.2 Å². The number of nitrogens with zero attached hydrogens (tertiary/aromatic N) is 1. The van der Waals surface area contributed by atoms with Crippen LogP contribution in [-0.2, 0) is 22.9 Å². The first-order chi connectivity index (χ1) is 13.3. The molecule has 3 aromatic rings. The van der Waals surface area contributed by atoms with Crippen LogP contribution in [-0.4, -0.2) is 19.4 Å². The highest BCUT2D eigenvalue weighted by atomic mass is 32.2. The molecule has 5 nitrogen and oxygen atoms in total. The molecule has 0 amide bonds. The molecule has 8 heteroatoms. The maximum Gasteiger partial charge on any atom is 0.241 e. The summed E-state index contributed by atoms with van der Waals surface area (Å²) in [6, 6.07) is 14.8. The minimum atomic E-state index is -4.01. The molecule has 0 fully saturated rings. The summed E-state index contributed by atoms with van der Waals surface area (Å²) in [5.41, 5.74) is 0.842. The van der Waals surface area contributed by atoms with E-state index in [1.807, 2.05) is 0 Å². The highest BCUT2D eigenvalue weighted by Gasteiger charge is 2.20. The predicted octanol–water partition coefficient (Wildman–Crippen LogP) is 3.27. The van der Waals surface area contributed by atoms with Crippen molar-refractivity contribution in [2.75, 3.05) is 5.32 Å². The average molecular weight is 403 g/mol. The molecule has 0 radical (unpaired) electrons. The van der Waals surface area contributed by atoms with Gasteiger partial charge in [0.1, 0.15) is 22.3 Å². The fraction of sp³-hybridized carbons (Fsp3) is 0.150. The van der Waals surface area contributed by atoms with E-state index in [1.165, 1.54) is 30.5 Å². The van der Waals surface area contributed by atoms with Crippen molar-refractivity contribution in [2.24, 2.45) is 5.14 Å². The van der Waals surface area contributed by atoms with Crippen molar-refractivity contribution in [1.29, 1.82) is 0 Å². The maximum atomic E-state index is 14.1. The van der Waals surface area contributed by atoms with Crippen LogP contribution in [0.25, 0.3) is 0 Å². The summed E-state index contributed by atoms with van der Waals surface area (Å²) in [6.07, 6.45) is 1.81. The molecule has 0 atom stereocenters. The van der Waals surface area contributed by atoms with Gasteiger partial charge >= 0.3 is 0 Å². The van der Waals surface area contributed by atoms with E-state index in [4.69, 9.17) is 5.14 Å². The smallest absolute Gasteiger partial charge is 0.241 e. The Morgan fingerprint density at radius 2 is 1.43 bits per heavy atom. The van der Waals surface area contributed by atoms with Gasteiger partial charge in [0.15, 0.2) is 0 Å². The summed E-state index contributed by atoms with van der Waals surface area (Å²) in [5, 5.41) is 8.26. The van der Waals surface area contributed by atoms with E-state index in [-0.39, 0.29) is 23.6 Å². The van der Waals surface area contributed by atoms with Crippen LogP contribution in [0, 0.1) is 11.6 Å². The van der Waals surface area contributed by atoms with Crippen LogP contribution in [0.2, 0.25) is 0 Å². The Morgan fingerprint density at radius 1 is 0.893 bits per heavy atom. The first-order valence-electron chi connectivity index (χ1n) is 8.56. The number of hydrogen-bond donors (Lipinski definition) is 2. The van der Waals surface area contributed by atoms with Crippen molar-refractivity contribution in [3.8, 4) is 0 Å². The van der Waals surface area contributed by atoms with E-state index < -0.39 is 27.7 Å². The van der Waals surface area contributed by atoms with E-state index in [0.29, 0.717) is 11.1 Å². The molecule has 146 valence electrons. The van der Waals surface area contributed by atoms with Crippen LogP contribution in [0.4, 0.5) is 14.6 Å². The molecule has 0 unspecified atom stereocenters. The van der Waals surface area contributed by atoms with Gasteiger partial charge in [-0.3, -0.25) is 0 Å². The highest BCUT2D eigenvalue weighted by molar-refractivity contribution is 7.89. The second-order valence-electron chi connectivity index (χ2n) is 6.33. The zero-order chi connectivity index (χ0) is 20.1. The number of rotatable bonds is 7. The van der Waals surface area contributed by atoms with E-state index in [0.717, 1.165) is 0 Å². The minimum absolute atomic E-state index is 0.0441. The Hall–Kier alpha value is -2.84. The number of sulfonamides is 1. The van der Waals surface area contributed by atoms with Crippen LogP contribution < -0.4 is 10.5 Å². The van der Waals surface area contributed by atoms with Gasteiger partial charge in [0.2, 0.25) is 10.0 Å². The molecule has 0 aliphatic carbocycles. The molecule has 0 saturated carbocycles. The lowest BCUT2D eigenvalue weighted by atomic mass is 9.98. The zero-order valence-corrected chi connectivity index (χ0v) is 15.7. The maximum absolute atomic E-state index is 14.1. The number of nitrogens with two attached hydrogens (primary N) is 1. The summed E-state index contributed by atoms with van der Waals surface area (Å²) in [5.74, 6) is -0.742. The molecule has 1 heterocycles. The van der Waals surface area contributed by atoms with Gasteiger partial charge in [-0.1, -0.05) is 36.4 Å². The third-order valence-corrected chi connectivity index (χ3v) is 5.21. The number of primary sulfonamides is 1. The molecule has 0 saturated heterocycles. The highest BCUT2D eigenvalue weighted by Crippen LogP contribution is 2.21. The monoisotopic (exact) mass is 403 g/mol. The molecule has 0 spiro atoms. The second kappa shape index (κ2) is 8.45. The first kappa shape index (κ1) is 19.9. The fourth-order valence-corrected chi connectivity index (χ4v) is 3.60. The molecule has 0 aliphatic heterocycles. The largest absolute Gasteiger partial charge is 0.366 e. The summed E-state index contributed by atoms with van der Waals surface area (Å²) in [6.45, 7) is 0. The van der Waals surface area contributed by atoms with Crippen LogP contribution in [0.3, 0.4) is 0 Å². The summed E-state index contributed by atoms with van der Waals surface area (Å²) < 4.78 is 52.0. The molecule has 0 aliphatic rings. The predicted molar refractivity (Wildman–Crippen MR) is 103 cm³/mol. The molecule has 0 bridgehead atoms. The Bertz CT molecular complexity index is 1030. The van der Waals surface area contributed by atoms with Crippen LogP contribution in [0.15, 0.2) is 71.8 Å². The van der Waals surface area contributed by atoms with Gasteiger partial charge in [-0.25, -0.2) is 27.3 Å². The quantitative estimate of drug-likeness (QED) is 0.634. The van der Waals surface area contributed by atoms with Crippen molar-refractivity contribution < 1.29 is 17.2 Å². The van der Waals surface area contributed by atoms with E-state index >= 15 is 0 Å². The van der Waals surface area contributed by atoms with Gasteiger partial charge in [-0.15, -0.1) is 0 Å². The third-order valence-electron chi connectivity index (χ3n) is 4.27. The fourth-order valence-electron chi connectivity index (χ4n) is 2.95. The average Bonchev–Trinajstić information content (AvgIpc) is 2.65. The standard InChI is InChI=1S/C20H19F2N3O2S/c21-17-8-3-1-6-14(17)12-16(13-15-7-2-4-9-18(15)22)25-20-19(28(23,26)27)10-5-11-24-20/h1-11,16H,12-13H2,(H,24,25)(H2,23,26,27). The van der Waals surface area contributed by atoms with E-state index in [1.54, 1.807) is 36.4 Å². The Labute approximate surface area is 162 Å². The first-order valence-corrected chi connectivity index (χ1v) is 10.1. The van der Waals surface area contributed by atoms with E-state index in [2.05, 4.69) is 10.3 Å². The number of halogens is 2. The summed E-state index contributed by atoms with van der Waals surface area (Å²) in [4.78, 5) is 3.88. The van der Waals surface area contributed by atoms with Gasteiger partial charge < -0.3 is 5.32 Å². The molecule has 1 aromatic heterocycles. The minimum Gasteiger partial charge on any atom is -0.366 e. The Kier molecular flexibility index (Phi) is 6.01. The molecule has 2 aromatic carbocycles. The summed E-state index contributed by atoms with van der Waals surface area (Å²) in [7, 11) is -4.01.